The first-order chi connectivity index (χ1) is 8.02. The molecule has 5 heteroatoms. The second kappa shape index (κ2) is 4.47. The van der Waals surface area contributed by atoms with E-state index in [-0.39, 0.29) is 5.92 Å². The monoisotopic (exact) mass is 253 g/mol. The van der Waals surface area contributed by atoms with Crippen LogP contribution in [0.25, 0.3) is 10.9 Å². The number of rotatable bonds is 2. The van der Waals surface area contributed by atoms with Crippen LogP contribution < -0.4 is 11.3 Å². The minimum absolute atomic E-state index is 0.230. The molecule has 0 spiro atoms. The van der Waals surface area contributed by atoms with E-state index in [2.05, 4.69) is 10.4 Å². The van der Waals surface area contributed by atoms with Crippen molar-refractivity contribution in [2.45, 2.75) is 19.8 Å². The molecule has 0 saturated carbocycles. The summed E-state index contributed by atoms with van der Waals surface area (Å²) in [6.07, 6.45) is 0. The topological polar surface area (TPSA) is 50.9 Å². The lowest BCUT2D eigenvalue weighted by Crippen LogP contribution is -2.09. The van der Waals surface area contributed by atoms with Gasteiger partial charge in [0.25, 0.3) is 0 Å². The first-order valence-corrected chi connectivity index (χ1v) is 5.67. The predicted molar refractivity (Wildman–Crippen MR) is 68.6 cm³/mol. The number of fused-ring (bicyclic) bond motifs is 1. The van der Waals surface area contributed by atoms with Gasteiger partial charge in [-0.2, -0.15) is 0 Å². The first kappa shape index (κ1) is 12.1. The first-order valence-electron chi connectivity index (χ1n) is 5.29. The van der Waals surface area contributed by atoms with Crippen molar-refractivity contribution in [3.8, 4) is 0 Å². The van der Waals surface area contributed by atoms with Crippen molar-refractivity contribution in [3.63, 3.8) is 0 Å². The molecule has 17 heavy (non-hydrogen) atoms. The standard InChI is InChI=1S/C12H13ClFN3/c1-6(2)9-5-11(17-15)12-8(13)3-7(14)4-10(12)16-9/h3-6H,15H2,1-2H3,(H,16,17). The van der Waals surface area contributed by atoms with Gasteiger partial charge in [-0.15, -0.1) is 0 Å². The molecular formula is C12H13ClFN3. The van der Waals surface area contributed by atoms with Gasteiger partial charge in [0, 0.05) is 17.1 Å². The maximum absolute atomic E-state index is 13.3. The van der Waals surface area contributed by atoms with Crippen molar-refractivity contribution in [1.29, 1.82) is 0 Å². The van der Waals surface area contributed by atoms with Gasteiger partial charge in [0.2, 0.25) is 0 Å². The number of nitrogens with two attached hydrogens (primary N) is 1. The predicted octanol–water partition coefficient (Wildman–Crippen LogP) is 3.44. The minimum Gasteiger partial charge on any atom is -0.323 e. The largest absolute Gasteiger partial charge is 0.323 e. The number of nitrogens with one attached hydrogen (secondary N) is 1. The molecule has 0 aliphatic rings. The number of hydrogen-bond acceptors (Lipinski definition) is 3. The molecule has 3 N–H and O–H groups in total. The van der Waals surface area contributed by atoms with E-state index in [0.717, 1.165) is 5.69 Å². The molecule has 1 aromatic heterocycles. The number of nitrogens with zero attached hydrogens (tertiary/aromatic N) is 1. The summed E-state index contributed by atoms with van der Waals surface area (Å²) >= 11 is 6.00. The number of benzene rings is 1. The van der Waals surface area contributed by atoms with Crippen LogP contribution in [-0.4, -0.2) is 4.98 Å². The zero-order valence-corrected chi connectivity index (χ0v) is 10.3. The van der Waals surface area contributed by atoms with Gasteiger partial charge in [-0.05, 0) is 18.1 Å². The van der Waals surface area contributed by atoms with E-state index in [1.165, 1.54) is 12.1 Å². The average Bonchev–Trinajstić information content (AvgIpc) is 2.26. The molecule has 0 aliphatic carbocycles. The lowest BCUT2D eigenvalue weighted by atomic mass is 10.1. The third-order valence-electron chi connectivity index (χ3n) is 2.59. The second-order valence-electron chi connectivity index (χ2n) is 4.18. The molecular weight excluding hydrogens is 241 g/mol. The van der Waals surface area contributed by atoms with Crippen molar-refractivity contribution >= 4 is 28.2 Å². The van der Waals surface area contributed by atoms with Gasteiger partial charge < -0.3 is 5.43 Å². The Balaban J connectivity index is 2.82. The molecule has 0 amide bonds. The summed E-state index contributed by atoms with van der Waals surface area (Å²) in [7, 11) is 0. The Morgan fingerprint density at radius 1 is 1.35 bits per heavy atom. The number of anilines is 1. The number of nitrogen functional groups attached to an aromatic ring is 1. The van der Waals surface area contributed by atoms with E-state index < -0.39 is 5.82 Å². The molecule has 0 atom stereocenters. The van der Waals surface area contributed by atoms with Crippen molar-refractivity contribution in [2.75, 3.05) is 5.43 Å². The summed E-state index contributed by atoms with van der Waals surface area (Å²) in [6, 6.07) is 4.44. The lowest BCUT2D eigenvalue weighted by Gasteiger charge is -2.12. The van der Waals surface area contributed by atoms with Gasteiger partial charge in [-0.25, -0.2) is 4.39 Å². The summed E-state index contributed by atoms with van der Waals surface area (Å²) < 4.78 is 13.3. The third-order valence-corrected chi connectivity index (χ3v) is 2.89. The molecule has 0 saturated heterocycles. The van der Waals surface area contributed by atoms with Gasteiger partial charge in [-0.1, -0.05) is 25.4 Å². The van der Waals surface area contributed by atoms with Crippen LogP contribution in [0, 0.1) is 5.82 Å². The Morgan fingerprint density at radius 3 is 2.65 bits per heavy atom. The Kier molecular flexibility index (Phi) is 3.17. The number of halogens is 2. The van der Waals surface area contributed by atoms with Gasteiger partial charge in [0.15, 0.2) is 0 Å². The van der Waals surface area contributed by atoms with E-state index in [9.17, 15) is 4.39 Å². The zero-order valence-electron chi connectivity index (χ0n) is 9.59. The fourth-order valence-corrected chi connectivity index (χ4v) is 2.02. The van der Waals surface area contributed by atoms with Crippen molar-refractivity contribution < 1.29 is 4.39 Å². The van der Waals surface area contributed by atoms with Crippen LogP contribution in [0.3, 0.4) is 0 Å². The minimum atomic E-state index is -0.404. The normalized spacial score (nSPS) is 11.2. The molecule has 0 aliphatic heterocycles. The van der Waals surface area contributed by atoms with Gasteiger partial charge in [-0.3, -0.25) is 10.8 Å². The molecule has 90 valence electrons. The smallest absolute Gasteiger partial charge is 0.126 e. The molecule has 2 rings (SSSR count). The Labute approximate surface area is 104 Å². The van der Waals surface area contributed by atoms with Crippen molar-refractivity contribution in [1.82, 2.24) is 4.98 Å². The summed E-state index contributed by atoms with van der Waals surface area (Å²) in [5, 5.41) is 0.940. The lowest BCUT2D eigenvalue weighted by molar-refractivity contribution is 0.629. The molecule has 1 heterocycles. The molecule has 0 radical (unpaired) electrons. The second-order valence-corrected chi connectivity index (χ2v) is 4.58. The van der Waals surface area contributed by atoms with Crippen LogP contribution in [0.2, 0.25) is 5.02 Å². The molecule has 2 aromatic rings. The Bertz CT molecular complexity index is 569. The fourth-order valence-electron chi connectivity index (χ4n) is 1.72. The number of pyridine rings is 1. The summed E-state index contributed by atoms with van der Waals surface area (Å²) in [6.45, 7) is 4.02. The van der Waals surface area contributed by atoms with Gasteiger partial charge >= 0.3 is 0 Å². The highest BCUT2D eigenvalue weighted by Crippen LogP contribution is 2.32. The van der Waals surface area contributed by atoms with Gasteiger partial charge in [0.1, 0.15) is 5.82 Å². The molecule has 1 aromatic carbocycles. The van der Waals surface area contributed by atoms with Crippen LogP contribution in [-0.2, 0) is 0 Å². The van der Waals surface area contributed by atoms with E-state index in [1.807, 2.05) is 19.9 Å². The highest BCUT2D eigenvalue weighted by Gasteiger charge is 2.12. The molecule has 3 nitrogen and oxygen atoms in total. The third kappa shape index (κ3) is 2.18. The van der Waals surface area contributed by atoms with Crippen LogP contribution in [0.1, 0.15) is 25.5 Å². The van der Waals surface area contributed by atoms with Crippen molar-refractivity contribution in [2.24, 2.45) is 5.84 Å². The summed E-state index contributed by atoms with van der Waals surface area (Å²) in [4.78, 5) is 4.38. The maximum Gasteiger partial charge on any atom is 0.126 e. The van der Waals surface area contributed by atoms with Crippen LogP contribution >= 0.6 is 11.6 Å². The highest BCUT2D eigenvalue weighted by molar-refractivity contribution is 6.36. The summed E-state index contributed by atoms with van der Waals surface area (Å²) in [5.74, 6) is 5.29. The Morgan fingerprint density at radius 2 is 2.06 bits per heavy atom. The number of aromatic nitrogens is 1. The van der Waals surface area contributed by atoms with E-state index >= 15 is 0 Å². The molecule has 0 unspecified atom stereocenters. The molecule has 0 bridgehead atoms. The average molecular weight is 254 g/mol. The summed E-state index contributed by atoms with van der Waals surface area (Å²) in [5.41, 5.74) is 4.58. The van der Waals surface area contributed by atoms with E-state index in [4.69, 9.17) is 17.4 Å². The SMILES string of the molecule is CC(C)c1cc(NN)c2c(Cl)cc(F)cc2n1. The quantitative estimate of drug-likeness (QED) is 0.637. The van der Waals surface area contributed by atoms with Crippen LogP contribution in [0.15, 0.2) is 18.2 Å². The number of hydrogen-bond donors (Lipinski definition) is 2. The zero-order chi connectivity index (χ0) is 12.6. The maximum atomic E-state index is 13.3. The fraction of sp³-hybridized carbons (Fsp3) is 0.250. The number of hydrazine groups is 1. The van der Waals surface area contributed by atoms with E-state index in [0.29, 0.717) is 21.6 Å². The van der Waals surface area contributed by atoms with Crippen LogP contribution in [0.4, 0.5) is 10.1 Å². The molecule has 0 fully saturated rings. The highest BCUT2D eigenvalue weighted by atomic mass is 35.5. The van der Waals surface area contributed by atoms with E-state index in [1.54, 1.807) is 0 Å². The van der Waals surface area contributed by atoms with Crippen molar-refractivity contribution in [3.05, 3.63) is 34.7 Å². The Hall–Kier alpha value is -1.39. The van der Waals surface area contributed by atoms with Gasteiger partial charge in [0.05, 0.1) is 16.2 Å². The van der Waals surface area contributed by atoms with Crippen LogP contribution in [0.5, 0.6) is 0 Å².